The summed E-state index contributed by atoms with van der Waals surface area (Å²) in [6.07, 6.45) is 1.60. The molecule has 3 aromatic rings. The van der Waals surface area contributed by atoms with E-state index in [1.54, 1.807) is 18.3 Å². The Kier molecular flexibility index (Phi) is 2.96. The van der Waals surface area contributed by atoms with E-state index in [-0.39, 0.29) is 4.90 Å². The Bertz CT molecular complexity index is 881. The molecule has 2 heterocycles. The monoisotopic (exact) mass is 309 g/mol. The summed E-state index contributed by atoms with van der Waals surface area (Å²) in [6.45, 7) is 0. The lowest BCUT2D eigenvalue weighted by atomic mass is 10.3. The van der Waals surface area contributed by atoms with Crippen LogP contribution < -0.4 is 10.5 Å². The molecule has 0 radical (unpaired) electrons. The van der Waals surface area contributed by atoms with E-state index in [0.29, 0.717) is 16.4 Å². The van der Waals surface area contributed by atoms with Gasteiger partial charge in [0.15, 0.2) is 0 Å². The standard InChI is InChI=1S/C11H11N5O2S2/c1-13-20(17,18)6-2-3-8-9(4-6)19-11(15-8)7-5-14-16-10(7)12/h2-5,13H,1H3,(H3,12,14,16). The number of H-pyrrole nitrogens is 1. The molecule has 4 N–H and O–H groups in total. The molecule has 0 bridgehead atoms. The van der Waals surface area contributed by atoms with Crippen LogP contribution >= 0.6 is 11.3 Å². The Hall–Kier alpha value is -1.97. The molecule has 0 aliphatic carbocycles. The van der Waals surface area contributed by atoms with Crippen molar-refractivity contribution in [2.75, 3.05) is 12.8 Å². The number of rotatable bonds is 3. The number of fused-ring (bicyclic) bond motifs is 1. The van der Waals surface area contributed by atoms with Crippen molar-refractivity contribution in [2.24, 2.45) is 0 Å². The number of hydrogen-bond donors (Lipinski definition) is 3. The van der Waals surface area contributed by atoms with Crippen LogP contribution in [0, 0.1) is 0 Å². The highest BCUT2D eigenvalue weighted by Gasteiger charge is 2.15. The topological polar surface area (TPSA) is 114 Å². The predicted molar refractivity (Wildman–Crippen MR) is 77.9 cm³/mol. The van der Waals surface area contributed by atoms with Crippen LogP contribution in [0.15, 0.2) is 29.3 Å². The minimum Gasteiger partial charge on any atom is -0.383 e. The average molecular weight is 309 g/mol. The molecule has 9 heteroatoms. The Balaban J connectivity index is 2.16. The van der Waals surface area contributed by atoms with E-state index in [9.17, 15) is 8.42 Å². The van der Waals surface area contributed by atoms with Crippen LogP contribution in [0.4, 0.5) is 5.82 Å². The van der Waals surface area contributed by atoms with Crippen molar-refractivity contribution in [1.29, 1.82) is 0 Å². The van der Waals surface area contributed by atoms with E-state index in [4.69, 9.17) is 5.73 Å². The summed E-state index contributed by atoms with van der Waals surface area (Å²) in [6, 6.07) is 4.80. The summed E-state index contributed by atoms with van der Waals surface area (Å²) in [5.41, 5.74) is 7.19. The number of hydrogen-bond acceptors (Lipinski definition) is 6. The van der Waals surface area contributed by atoms with Gasteiger partial charge in [-0.15, -0.1) is 11.3 Å². The van der Waals surface area contributed by atoms with Crippen molar-refractivity contribution >= 4 is 37.4 Å². The number of benzene rings is 1. The molecule has 104 valence electrons. The maximum atomic E-state index is 11.8. The smallest absolute Gasteiger partial charge is 0.240 e. The lowest BCUT2D eigenvalue weighted by Crippen LogP contribution is -2.18. The molecule has 2 aromatic heterocycles. The van der Waals surface area contributed by atoms with Crippen LogP contribution in [0.5, 0.6) is 0 Å². The van der Waals surface area contributed by atoms with Crippen molar-refractivity contribution in [2.45, 2.75) is 4.90 Å². The molecule has 0 fully saturated rings. The third kappa shape index (κ3) is 2.05. The number of aromatic amines is 1. The number of nitrogens with zero attached hydrogens (tertiary/aromatic N) is 2. The second kappa shape index (κ2) is 4.54. The molecule has 0 saturated heterocycles. The van der Waals surface area contributed by atoms with E-state index < -0.39 is 10.0 Å². The average Bonchev–Trinajstić information content (AvgIpc) is 3.02. The van der Waals surface area contributed by atoms with Gasteiger partial charge in [0.05, 0.1) is 26.9 Å². The zero-order valence-corrected chi connectivity index (χ0v) is 12.0. The Labute approximate surface area is 118 Å². The Morgan fingerprint density at radius 2 is 2.20 bits per heavy atom. The lowest BCUT2D eigenvalue weighted by Gasteiger charge is -2.00. The first-order valence-electron chi connectivity index (χ1n) is 5.64. The number of nitrogens with one attached hydrogen (secondary N) is 2. The molecule has 0 aliphatic rings. The fourth-order valence-electron chi connectivity index (χ4n) is 1.77. The SMILES string of the molecule is CNS(=O)(=O)c1ccc2nc(-c3cn[nH]c3N)sc2c1. The molecule has 0 amide bonds. The highest BCUT2D eigenvalue weighted by atomic mass is 32.2. The van der Waals surface area contributed by atoms with Crippen LogP contribution in [0.2, 0.25) is 0 Å². The van der Waals surface area contributed by atoms with Gasteiger partial charge in [-0.3, -0.25) is 5.10 Å². The first-order valence-corrected chi connectivity index (χ1v) is 7.94. The summed E-state index contributed by atoms with van der Waals surface area (Å²) in [7, 11) is -2.08. The normalized spacial score (nSPS) is 12.1. The number of nitrogens with two attached hydrogens (primary N) is 1. The summed E-state index contributed by atoms with van der Waals surface area (Å²) in [5, 5.41) is 7.19. The second-order valence-corrected chi connectivity index (χ2v) is 6.97. The number of nitrogen functional groups attached to an aromatic ring is 1. The van der Waals surface area contributed by atoms with E-state index in [0.717, 1.165) is 10.2 Å². The van der Waals surface area contributed by atoms with Crippen molar-refractivity contribution in [1.82, 2.24) is 19.9 Å². The zero-order chi connectivity index (χ0) is 14.3. The van der Waals surface area contributed by atoms with E-state index in [1.807, 2.05) is 0 Å². The van der Waals surface area contributed by atoms with Crippen molar-refractivity contribution in [3.05, 3.63) is 24.4 Å². The van der Waals surface area contributed by atoms with Gasteiger partial charge in [0.1, 0.15) is 10.8 Å². The van der Waals surface area contributed by atoms with Gasteiger partial charge < -0.3 is 5.73 Å². The third-order valence-corrected chi connectivity index (χ3v) is 5.30. The quantitative estimate of drug-likeness (QED) is 0.672. The highest BCUT2D eigenvalue weighted by molar-refractivity contribution is 7.89. The van der Waals surface area contributed by atoms with Gasteiger partial charge in [-0.25, -0.2) is 18.1 Å². The van der Waals surface area contributed by atoms with Crippen LogP contribution in [0.25, 0.3) is 20.8 Å². The molecule has 0 spiro atoms. The molecule has 0 atom stereocenters. The minimum absolute atomic E-state index is 0.211. The van der Waals surface area contributed by atoms with Crippen LogP contribution in [-0.4, -0.2) is 30.6 Å². The second-order valence-electron chi connectivity index (χ2n) is 4.05. The van der Waals surface area contributed by atoms with Crippen LogP contribution in [-0.2, 0) is 10.0 Å². The van der Waals surface area contributed by atoms with Gasteiger partial charge in [-0.05, 0) is 25.2 Å². The van der Waals surface area contributed by atoms with Crippen molar-refractivity contribution in [3.63, 3.8) is 0 Å². The molecule has 0 unspecified atom stereocenters. The first-order chi connectivity index (χ1) is 9.51. The maximum absolute atomic E-state index is 11.8. The molecule has 0 aliphatic heterocycles. The minimum atomic E-state index is -3.46. The van der Waals surface area contributed by atoms with E-state index >= 15 is 0 Å². The Morgan fingerprint density at radius 1 is 1.40 bits per heavy atom. The fraction of sp³-hybridized carbons (Fsp3) is 0.0909. The number of thiazole rings is 1. The molecule has 0 saturated carbocycles. The summed E-state index contributed by atoms with van der Waals surface area (Å²) >= 11 is 1.37. The molecule has 7 nitrogen and oxygen atoms in total. The lowest BCUT2D eigenvalue weighted by molar-refractivity contribution is 0.588. The zero-order valence-electron chi connectivity index (χ0n) is 10.4. The van der Waals surface area contributed by atoms with Gasteiger partial charge in [0.25, 0.3) is 0 Å². The van der Waals surface area contributed by atoms with Crippen LogP contribution in [0.1, 0.15) is 0 Å². The third-order valence-electron chi connectivity index (χ3n) is 2.84. The van der Waals surface area contributed by atoms with Gasteiger partial charge in [0, 0.05) is 0 Å². The van der Waals surface area contributed by atoms with Gasteiger partial charge in [-0.2, -0.15) is 5.10 Å². The predicted octanol–water partition coefficient (Wildman–Crippen LogP) is 1.18. The molecule has 1 aromatic carbocycles. The number of aromatic nitrogens is 3. The largest absolute Gasteiger partial charge is 0.383 e. The first kappa shape index (κ1) is 13.0. The summed E-state index contributed by atoms with van der Waals surface area (Å²) < 4.78 is 26.6. The van der Waals surface area contributed by atoms with Crippen molar-refractivity contribution in [3.8, 4) is 10.6 Å². The highest BCUT2D eigenvalue weighted by Crippen LogP contribution is 2.33. The summed E-state index contributed by atoms with van der Waals surface area (Å²) in [5.74, 6) is 0.437. The van der Waals surface area contributed by atoms with Crippen molar-refractivity contribution < 1.29 is 8.42 Å². The molecular weight excluding hydrogens is 298 g/mol. The number of sulfonamides is 1. The van der Waals surface area contributed by atoms with Gasteiger partial charge in [-0.1, -0.05) is 0 Å². The molecule has 20 heavy (non-hydrogen) atoms. The van der Waals surface area contributed by atoms with Gasteiger partial charge >= 0.3 is 0 Å². The van der Waals surface area contributed by atoms with E-state index in [2.05, 4.69) is 19.9 Å². The maximum Gasteiger partial charge on any atom is 0.240 e. The summed E-state index contributed by atoms with van der Waals surface area (Å²) in [4.78, 5) is 4.64. The van der Waals surface area contributed by atoms with Gasteiger partial charge in [0.2, 0.25) is 10.0 Å². The van der Waals surface area contributed by atoms with E-state index in [1.165, 1.54) is 24.5 Å². The molecule has 3 rings (SSSR count). The number of anilines is 1. The Morgan fingerprint density at radius 3 is 2.85 bits per heavy atom. The molecular formula is C11H11N5O2S2. The fourth-order valence-corrected chi connectivity index (χ4v) is 3.63. The van der Waals surface area contributed by atoms with Crippen LogP contribution in [0.3, 0.4) is 0 Å².